The summed E-state index contributed by atoms with van der Waals surface area (Å²) in [6.07, 6.45) is 0. The van der Waals surface area contributed by atoms with Gasteiger partial charge in [0.05, 0.1) is 0 Å². The van der Waals surface area contributed by atoms with Crippen molar-refractivity contribution in [3.63, 3.8) is 0 Å². The van der Waals surface area contributed by atoms with Crippen LogP contribution in [0.2, 0.25) is 0 Å². The zero-order valence-corrected chi connectivity index (χ0v) is 6.82. The molecule has 0 unspecified atom stereocenters. The third-order valence-corrected chi connectivity index (χ3v) is 1.47. The molecule has 0 spiro atoms. The van der Waals surface area contributed by atoms with Gasteiger partial charge in [-0.3, -0.25) is 0 Å². The molecule has 7 heteroatoms. The Bertz CT molecular complexity index is 395. The van der Waals surface area contributed by atoms with Gasteiger partial charge < -0.3 is 4.18 Å². The minimum Gasteiger partial charge on any atom is -0.352 e. The molecule has 3 nitrogen and oxygen atoms in total. The Hall–Kier alpha value is -1.24. The highest BCUT2D eigenvalue weighted by Crippen LogP contribution is 2.22. The average Bonchev–Trinajstić information content (AvgIpc) is 1.95. The maximum absolute atomic E-state index is 12.6. The van der Waals surface area contributed by atoms with E-state index in [4.69, 9.17) is 0 Å². The first kappa shape index (κ1) is 9.85. The molecule has 1 rings (SSSR count). The van der Waals surface area contributed by atoms with Crippen LogP contribution in [0.3, 0.4) is 0 Å². The van der Waals surface area contributed by atoms with Gasteiger partial charge in [0.1, 0.15) is 0 Å². The molecule has 1 aromatic rings. The summed E-state index contributed by atoms with van der Waals surface area (Å²) in [6.45, 7) is 0. The summed E-state index contributed by atoms with van der Waals surface area (Å²) in [6, 6.07) is 2.47. The molecule has 0 aliphatic carbocycles. The fourth-order valence-corrected chi connectivity index (χ4v) is 1.02. The lowest BCUT2D eigenvalue weighted by molar-refractivity contribution is 0.403. The van der Waals surface area contributed by atoms with E-state index in [-0.39, 0.29) is 0 Å². The van der Waals surface area contributed by atoms with Crippen LogP contribution in [-0.2, 0) is 10.5 Å². The lowest BCUT2D eigenvalue weighted by Crippen LogP contribution is -2.04. The van der Waals surface area contributed by atoms with Crippen LogP contribution in [0, 0.1) is 11.6 Å². The molecule has 0 saturated carbocycles. The number of hydrogen-bond acceptors (Lipinski definition) is 3. The molecule has 0 N–H and O–H groups in total. The molecule has 0 aromatic heterocycles. The van der Waals surface area contributed by atoms with Crippen LogP contribution in [0.5, 0.6) is 5.75 Å². The topological polar surface area (TPSA) is 43.4 Å². The van der Waals surface area contributed by atoms with Gasteiger partial charge in [0.25, 0.3) is 0 Å². The second kappa shape index (κ2) is 3.25. The molecule has 0 atom stereocenters. The zero-order chi connectivity index (χ0) is 10.1. The minimum absolute atomic E-state index is 0.740. The first-order chi connectivity index (χ1) is 5.90. The first-order valence-electron chi connectivity index (χ1n) is 2.98. The van der Waals surface area contributed by atoms with Crippen LogP contribution in [0.15, 0.2) is 18.2 Å². The van der Waals surface area contributed by atoms with E-state index in [1.807, 2.05) is 0 Å². The highest BCUT2D eigenvalue weighted by molar-refractivity contribution is 7.81. The molecule has 0 bridgehead atoms. The van der Waals surface area contributed by atoms with Gasteiger partial charge in [-0.2, -0.15) is 8.42 Å². The monoisotopic (exact) mass is 212 g/mol. The van der Waals surface area contributed by atoms with Gasteiger partial charge >= 0.3 is 10.5 Å². The van der Waals surface area contributed by atoms with Gasteiger partial charge in [-0.05, 0) is 12.1 Å². The quantitative estimate of drug-likeness (QED) is 0.698. The predicted molar refractivity (Wildman–Crippen MR) is 37.0 cm³/mol. The van der Waals surface area contributed by atoms with Crippen LogP contribution in [-0.4, -0.2) is 8.42 Å². The van der Waals surface area contributed by atoms with E-state index in [1.165, 1.54) is 0 Å². The van der Waals surface area contributed by atoms with Crippen molar-refractivity contribution in [1.82, 2.24) is 0 Å². The summed E-state index contributed by atoms with van der Waals surface area (Å²) in [5, 5.41) is 0. The summed E-state index contributed by atoms with van der Waals surface area (Å²) in [5.41, 5.74) is 0. The smallest absolute Gasteiger partial charge is 0.352 e. The second-order valence-electron chi connectivity index (χ2n) is 2.03. The predicted octanol–water partition coefficient (Wildman–Crippen LogP) is 1.56. The fourth-order valence-electron chi connectivity index (χ4n) is 0.662. The van der Waals surface area contributed by atoms with E-state index < -0.39 is 27.9 Å². The van der Waals surface area contributed by atoms with E-state index in [2.05, 4.69) is 4.18 Å². The molecule has 1 aromatic carbocycles. The second-order valence-corrected chi connectivity index (χ2v) is 2.98. The van der Waals surface area contributed by atoms with E-state index in [0.717, 1.165) is 18.2 Å². The standard InChI is InChI=1S/C6H3F3O3S/c7-4-2-1-3-5(8)6(4)12-13(9,10)11/h1-3H. The van der Waals surface area contributed by atoms with Crippen molar-refractivity contribution in [2.75, 3.05) is 0 Å². The van der Waals surface area contributed by atoms with Gasteiger partial charge in [-0.25, -0.2) is 8.78 Å². The van der Waals surface area contributed by atoms with Gasteiger partial charge in [-0.1, -0.05) is 9.95 Å². The highest BCUT2D eigenvalue weighted by atomic mass is 32.3. The Morgan fingerprint density at radius 2 is 1.62 bits per heavy atom. The number of benzene rings is 1. The zero-order valence-electron chi connectivity index (χ0n) is 6.00. The molecule has 0 heterocycles. The van der Waals surface area contributed by atoms with E-state index >= 15 is 0 Å². The molecule has 0 amide bonds. The fraction of sp³-hybridized carbons (Fsp3) is 0. The first-order valence-corrected chi connectivity index (χ1v) is 4.29. The van der Waals surface area contributed by atoms with Crippen LogP contribution in [0.4, 0.5) is 12.7 Å². The van der Waals surface area contributed by atoms with Crippen LogP contribution in [0.25, 0.3) is 0 Å². The van der Waals surface area contributed by atoms with Gasteiger partial charge in [0, 0.05) is 0 Å². The highest BCUT2D eigenvalue weighted by Gasteiger charge is 2.17. The van der Waals surface area contributed by atoms with Crippen molar-refractivity contribution in [1.29, 1.82) is 0 Å². The number of para-hydroxylation sites is 1. The average molecular weight is 212 g/mol. The van der Waals surface area contributed by atoms with Crippen molar-refractivity contribution in [3.05, 3.63) is 29.8 Å². The van der Waals surface area contributed by atoms with Gasteiger partial charge in [0.2, 0.25) is 5.75 Å². The third-order valence-electron chi connectivity index (χ3n) is 1.10. The largest absolute Gasteiger partial charge is 0.488 e. The molecule has 0 aliphatic rings. The number of halogens is 3. The summed E-state index contributed by atoms with van der Waals surface area (Å²) in [4.78, 5) is 0. The summed E-state index contributed by atoms with van der Waals surface area (Å²) in [5.74, 6) is -3.85. The van der Waals surface area contributed by atoms with Crippen LogP contribution in [0.1, 0.15) is 0 Å². The molecule has 0 aliphatic heterocycles. The van der Waals surface area contributed by atoms with Gasteiger partial charge in [-0.15, -0.1) is 0 Å². The molecule has 0 fully saturated rings. The number of hydrogen-bond donors (Lipinski definition) is 0. The van der Waals surface area contributed by atoms with Crippen LogP contribution < -0.4 is 4.18 Å². The Morgan fingerprint density at radius 3 is 2.00 bits per heavy atom. The van der Waals surface area contributed by atoms with Crippen molar-refractivity contribution >= 4 is 10.5 Å². The van der Waals surface area contributed by atoms with Crippen molar-refractivity contribution in [2.24, 2.45) is 0 Å². The number of rotatable bonds is 2. The minimum atomic E-state index is -5.40. The SMILES string of the molecule is O=S(=O)(F)Oc1c(F)cccc1F. The Kier molecular flexibility index (Phi) is 2.46. The normalized spacial score (nSPS) is 11.3. The van der Waals surface area contributed by atoms with Crippen molar-refractivity contribution in [3.8, 4) is 5.75 Å². The van der Waals surface area contributed by atoms with E-state index in [0.29, 0.717) is 0 Å². The Labute approximate surface area is 72.2 Å². The molecule has 0 radical (unpaired) electrons. The third kappa shape index (κ3) is 2.62. The van der Waals surface area contributed by atoms with Crippen LogP contribution >= 0.6 is 0 Å². The molecule has 13 heavy (non-hydrogen) atoms. The maximum Gasteiger partial charge on any atom is 0.488 e. The van der Waals surface area contributed by atoms with Crippen molar-refractivity contribution < 1.29 is 25.3 Å². The Balaban J connectivity index is 3.15. The maximum atomic E-state index is 12.6. The molecule has 72 valence electrons. The van der Waals surface area contributed by atoms with E-state index in [1.54, 1.807) is 0 Å². The summed E-state index contributed by atoms with van der Waals surface area (Å²) < 4.78 is 60.2. The van der Waals surface area contributed by atoms with Crippen molar-refractivity contribution in [2.45, 2.75) is 0 Å². The Morgan fingerprint density at radius 1 is 1.15 bits per heavy atom. The lowest BCUT2D eigenvalue weighted by Gasteiger charge is -2.01. The summed E-state index contributed by atoms with van der Waals surface area (Å²) in [7, 11) is -5.40. The van der Waals surface area contributed by atoms with E-state index in [9.17, 15) is 21.1 Å². The molecular weight excluding hydrogens is 209 g/mol. The molecule has 0 saturated heterocycles. The summed E-state index contributed by atoms with van der Waals surface area (Å²) >= 11 is 0. The lowest BCUT2D eigenvalue weighted by atomic mass is 10.3. The van der Waals surface area contributed by atoms with Gasteiger partial charge in [0.15, 0.2) is 11.6 Å². The molecular formula is C6H3F3O3S.